The molecule has 80 valence electrons. The van der Waals surface area contributed by atoms with E-state index in [0.29, 0.717) is 6.04 Å². The van der Waals surface area contributed by atoms with E-state index in [0.717, 1.165) is 18.8 Å². The zero-order chi connectivity index (χ0) is 10.6. The van der Waals surface area contributed by atoms with E-state index in [-0.39, 0.29) is 0 Å². The number of hydrogen-bond donors (Lipinski definition) is 1. The van der Waals surface area contributed by atoms with Crippen molar-refractivity contribution in [3.8, 4) is 0 Å². The number of thiophene rings is 1. The Balaban J connectivity index is 2.30. The number of rotatable bonds is 5. The summed E-state index contributed by atoms with van der Waals surface area (Å²) in [7, 11) is 0. The van der Waals surface area contributed by atoms with Crippen molar-refractivity contribution < 1.29 is 0 Å². The Hall–Kier alpha value is 0.140. The summed E-state index contributed by atoms with van der Waals surface area (Å²) in [6.45, 7) is 4.49. The standard InChI is InChI=1S/C11H18BrNS/c1-8(2)3-4-9(13)7-10-5-6-11(12)14-10/h5-6,8-9H,3-4,7,13H2,1-2H3. The predicted molar refractivity (Wildman–Crippen MR) is 67.8 cm³/mol. The quantitative estimate of drug-likeness (QED) is 0.869. The second-order valence-electron chi connectivity index (χ2n) is 4.14. The molecule has 0 radical (unpaired) electrons. The molecule has 0 aliphatic rings. The summed E-state index contributed by atoms with van der Waals surface area (Å²) in [5, 5.41) is 0. The summed E-state index contributed by atoms with van der Waals surface area (Å²) in [6.07, 6.45) is 3.38. The average Bonchev–Trinajstić information content (AvgIpc) is 2.48. The molecule has 0 saturated heterocycles. The number of hydrogen-bond acceptors (Lipinski definition) is 2. The van der Waals surface area contributed by atoms with E-state index in [1.807, 2.05) is 0 Å². The van der Waals surface area contributed by atoms with Gasteiger partial charge < -0.3 is 5.73 Å². The summed E-state index contributed by atoms with van der Waals surface area (Å²) < 4.78 is 1.20. The molecule has 0 aromatic carbocycles. The van der Waals surface area contributed by atoms with Gasteiger partial charge in [0.15, 0.2) is 0 Å². The highest BCUT2D eigenvalue weighted by atomic mass is 79.9. The maximum atomic E-state index is 6.05. The number of nitrogens with two attached hydrogens (primary N) is 1. The summed E-state index contributed by atoms with van der Waals surface area (Å²) in [5.74, 6) is 0.760. The van der Waals surface area contributed by atoms with E-state index < -0.39 is 0 Å². The maximum Gasteiger partial charge on any atom is 0.0701 e. The zero-order valence-electron chi connectivity index (χ0n) is 8.79. The molecule has 0 bridgehead atoms. The fourth-order valence-electron chi connectivity index (χ4n) is 1.37. The van der Waals surface area contributed by atoms with Crippen LogP contribution in [-0.2, 0) is 6.42 Å². The second-order valence-corrected chi connectivity index (χ2v) is 6.69. The van der Waals surface area contributed by atoms with E-state index in [1.54, 1.807) is 11.3 Å². The van der Waals surface area contributed by atoms with Crippen LogP contribution in [0.15, 0.2) is 15.9 Å². The highest BCUT2D eigenvalue weighted by Crippen LogP contribution is 2.23. The van der Waals surface area contributed by atoms with Crippen molar-refractivity contribution in [2.24, 2.45) is 11.7 Å². The van der Waals surface area contributed by atoms with Gasteiger partial charge in [0.1, 0.15) is 0 Å². The Morgan fingerprint density at radius 3 is 2.57 bits per heavy atom. The van der Waals surface area contributed by atoms with Gasteiger partial charge in [-0.05, 0) is 53.2 Å². The van der Waals surface area contributed by atoms with Crippen molar-refractivity contribution in [2.75, 3.05) is 0 Å². The predicted octanol–water partition coefficient (Wildman–Crippen LogP) is 3.82. The van der Waals surface area contributed by atoms with Crippen molar-refractivity contribution >= 4 is 27.3 Å². The smallest absolute Gasteiger partial charge is 0.0701 e. The van der Waals surface area contributed by atoms with Gasteiger partial charge in [0.05, 0.1) is 3.79 Å². The van der Waals surface area contributed by atoms with Crippen LogP contribution in [0.4, 0.5) is 0 Å². The Labute approximate surface area is 98.8 Å². The lowest BCUT2D eigenvalue weighted by molar-refractivity contribution is 0.496. The Morgan fingerprint density at radius 1 is 1.36 bits per heavy atom. The maximum absolute atomic E-state index is 6.05. The third kappa shape index (κ3) is 4.58. The van der Waals surface area contributed by atoms with Gasteiger partial charge in [-0.1, -0.05) is 13.8 Å². The Morgan fingerprint density at radius 2 is 2.07 bits per heavy atom. The molecular weight excluding hydrogens is 258 g/mol. The molecule has 0 aliphatic heterocycles. The molecule has 1 aromatic heterocycles. The third-order valence-corrected chi connectivity index (χ3v) is 3.85. The van der Waals surface area contributed by atoms with Crippen molar-refractivity contribution in [3.63, 3.8) is 0 Å². The van der Waals surface area contributed by atoms with Crippen LogP contribution in [0.1, 0.15) is 31.6 Å². The van der Waals surface area contributed by atoms with Crippen LogP contribution in [0.5, 0.6) is 0 Å². The van der Waals surface area contributed by atoms with Crippen molar-refractivity contribution in [1.29, 1.82) is 0 Å². The SMILES string of the molecule is CC(C)CCC(N)Cc1ccc(Br)s1. The van der Waals surface area contributed by atoms with Crippen LogP contribution in [0.3, 0.4) is 0 Å². The molecule has 1 aromatic rings. The zero-order valence-corrected chi connectivity index (χ0v) is 11.2. The van der Waals surface area contributed by atoms with E-state index in [9.17, 15) is 0 Å². The van der Waals surface area contributed by atoms with Gasteiger partial charge in [-0.3, -0.25) is 0 Å². The summed E-state index contributed by atoms with van der Waals surface area (Å²) in [5.41, 5.74) is 6.05. The lowest BCUT2D eigenvalue weighted by Crippen LogP contribution is -2.22. The van der Waals surface area contributed by atoms with Gasteiger partial charge in [-0.2, -0.15) is 0 Å². The first-order chi connectivity index (χ1) is 6.58. The minimum absolute atomic E-state index is 0.322. The third-order valence-electron chi connectivity index (χ3n) is 2.21. The van der Waals surface area contributed by atoms with E-state index in [4.69, 9.17) is 5.73 Å². The summed E-state index contributed by atoms with van der Waals surface area (Å²) in [4.78, 5) is 1.38. The first-order valence-corrected chi connectivity index (χ1v) is 6.68. The molecule has 0 aliphatic carbocycles. The molecule has 0 fully saturated rings. The molecule has 1 unspecified atom stereocenters. The van der Waals surface area contributed by atoms with Gasteiger partial charge >= 0.3 is 0 Å². The first-order valence-electron chi connectivity index (χ1n) is 5.07. The fourth-order valence-corrected chi connectivity index (χ4v) is 2.95. The lowest BCUT2D eigenvalue weighted by atomic mass is 10.0. The highest BCUT2D eigenvalue weighted by Gasteiger charge is 2.06. The topological polar surface area (TPSA) is 26.0 Å². The molecule has 3 heteroatoms. The van der Waals surface area contributed by atoms with E-state index >= 15 is 0 Å². The fraction of sp³-hybridized carbons (Fsp3) is 0.636. The van der Waals surface area contributed by atoms with Gasteiger partial charge in [-0.25, -0.2) is 0 Å². The molecule has 1 nitrogen and oxygen atoms in total. The Kier molecular flexibility index (Phi) is 5.13. The first kappa shape index (κ1) is 12.2. The van der Waals surface area contributed by atoms with Gasteiger partial charge in [0, 0.05) is 10.9 Å². The van der Waals surface area contributed by atoms with Crippen molar-refractivity contribution in [3.05, 3.63) is 20.8 Å². The normalized spacial score (nSPS) is 13.5. The average molecular weight is 276 g/mol. The molecule has 0 saturated carbocycles. The highest BCUT2D eigenvalue weighted by molar-refractivity contribution is 9.11. The molecule has 1 rings (SSSR count). The Bertz CT molecular complexity index is 270. The van der Waals surface area contributed by atoms with Gasteiger partial charge in [-0.15, -0.1) is 11.3 Å². The lowest BCUT2D eigenvalue weighted by Gasteiger charge is -2.11. The molecule has 2 N–H and O–H groups in total. The number of halogens is 1. The molecule has 0 spiro atoms. The van der Waals surface area contributed by atoms with Gasteiger partial charge in [0.2, 0.25) is 0 Å². The van der Waals surface area contributed by atoms with E-state index in [1.165, 1.54) is 15.1 Å². The van der Waals surface area contributed by atoms with Crippen LogP contribution < -0.4 is 5.73 Å². The monoisotopic (exact) mass is 275 g/mol. The van der Waals surface area contributed by atoms with Crippen LogP contribution in [0, 0.1) is 5.92 Å². The largest absolute Gasteiger partial charge is 0.327 e. The van der Waals surface area contributed by atoms with Crippen LogP contribution in [0.25, 0.3) is 0 Å². The van der Waals surface area contributed by atoms with E-state index in [2.05, 4.69) is 41.9 Å². The molecule has 14 heavy (non-hydrogen) atoms. The minimum Gasteiger partial charge on any atom is -0.327 e. The molecule has 1 atom stereocenters. The summed E-state index contributed by atoms with van der Waals surface area (Å²) >= 11 is 5.25. The van der Waals surface area contributed by atoms with Crippen LogP contribution in [-0.4, -0.2) is 6.04 Å². The minimum atomic E-state index is 0.322. The van der Waals surface area contributed by atoms with Gasteiger partial charge in [0.25, 0.3) is 0 Å². The summed E-state index contributed by atoms with van der Waals surface area (Å²) in [6, 6.07) is 4.57. The molecule has 1 heterocycles. The van der Waals surface area contributed by atoms with Crippen molar-refractivity contribution in [2.45, 2.75) is 39.2 Å². The molecule has 0 amide bonds. The second kappa shape index (κ2) is 5.89. The van der Waals surface area contributed by atoms with Crippen molar-refractivity contribution in [1.82, 2.24) is 0 Å². The van der Waals surface area contributed by atoms with Crippen LogP contribution >= 0.6 is 27.3 Å². The van der Waals surface area contributed by atoms with Crippen LogP contribution in [0.2, 0.25) is 0 Å². The molecular formula is C11H18BrNS.